The number of methoxy groups -OCH3 is 1. The largest absolute Gasteiger partial charge is 0.497 e. The minimum Gasteiger partial charge on any atom is -0.497 e. The smallest absolute Gasteiger partial charge is 0.344 e. The summed E-state index contributed by atoms with van der Waals surface area (Å²) in [5.41, 5.74) is 3.62. The van der Waals surface area contributed by atoms with Crippen LogP contribution in [-0.2, 0) is 23.0 Å². The van der Waals surface area contributed by atoms with E-state index in [4.69, 9.17) is 29.2 Å². The van der Waals surface area contributed by atoms with Gasteiger partial charge in [0.05, 0.1) is 24.8 Å². The van der Waals surface area contributed by atoms with Crippen LogP contribution in [0.15, 0.2) is 84.9 Å². The van der Waals surface area contributed by atoms with Gasteiger partial charge in [0.25, 0.3) is 0 Å². The van der Waals surface area contributed by atoms with Crippen LogP contribution >= 0.6 is 0 Å². The third-order valence-corrected chi connectivity index (χ3v) is 6.34. The second-order valence-corrected chi connectivity index (χ2v) is 11.6. The molecule has 10 heteroatoms. The third-order valence-electron chi connectivity index (χ3n) is 6.34. The maximum Gasteiger partial charge on any atom is 0.344 e. The van der Waals surface area contributed by atoms with Crippen LogP contribution in [0.25, 0.3) is 0 Å². The number of rotatable bonds is 12. The van der Waals surface area contributed by atoms with Crippen molar-refractivity contribution in [3.8, 4) is 23.0 Å². The number of hydrogen-bond donors (Lipinski definition) is 2. The molecule has 244 valence electrons. The standard InChI is InChI=1S/C20H22O5.C16H18O5/c1-13-5-10-16(18(21)22)17(11-13)19(23)25-15-8-6-14(7-9-15)24-12-20(2,3)4;1-12-3-4-13(10-19-17)14(9-12)11-20-21-16-7-5-15(18-2)6-8-16/h5-11H,12H2,1-4H3,(H,21,22);3-9,17H,10-11H2,1-2H3. The number of carboxylic acid groups (broad SMARTS) is 1. The highest BCUT2D eigenvalue weighted by Crippen LogP contribution is 2.23. The highest BCUT2D eigenvalue weighted by Gasteiger charge is 2.19. The third kappa shape index (κ3) is 11.6. The topological polar surface area (TPSA) is 130 Å². The summed E-state index contributed by atoms with van der Waals surface area (Å²) in [6.07, 6.45) is 0. The predicted molar refractivity (Wildman–Crippen MR) is 171 cm³/mol. The van der Waals surface area contributed by atoms with E-state index >= 15 is 0 Å². The Morgan fingerprint density at radius 3 is 1.89 bits per heavy atom. The van der Waals surface area contributed by atoms with E-state index in [1.54, 1.807) is 68.6 Å². The van der Waals surface area contributed by atoms with Crippen LogP contribution < -0.4 is 19.1 Å². The van der Waals surface area contributed by atoms with Crippen molar-refractivity contribution in [2.45, 2.75) is 47.8 Å². The van der Waals surface area contributed by atoms with Gasteiger partial charge < -0.3 is 24.2 Å². The lowest BCUT2D eigenvalue weighted by atomic mass is 9.99. The number of aryl methyl sites for hydroxylation is 2. The summed E-state index contributed by atoms with van der Waals surface area (Å²) < 4.78 is 16.0. The van der Waals surface area contributed by atoms with E-state index in [2.05, 4.69) is 25.7 Å². The molecular formula is C36H40O10. The van der Waals surface area contributed by atoms with Crippen LogP contribution in [-0.4, -0.2) is 36.0 Å². The Kier molecular flexibility index (Phi) is 13.1. The molecule has 0 aliphatic heterocycles. The molecule has 0 unspecified atom stereocenters. The maximum atomic E-state index is 12.3. The molecule has 2 N–H and O–H groups in total. The summed E-state index contributed by atoms with van der Waals surface area (Å²) in [6, 6.07) is 24.1. The molecule has 0 radical (unpaired) electrons. The number of benzene rings is 4. The first-order valence-electron chi connectivity index (χ1n) is 14.5. The highest BCUT2D eigenvalue weighted by atomic mass is 17.2. The van der Waals surface area contributed by atoms with E-state index in [1.807, 2.05) is 25.1 Å². The highest BCUT2D eigenvalue weighted by molar-refractivity contribution is 6.03. The van der Waals surface area contributed by atoms with Gasteiger partial charge in [-0.05, 0) is 91.1 Å². The van der Waals surface area contributed by atoms with Crippen molar-refractivity contribution in [1.82, 2.24) is 0 Å². The summed E-state index contributed by atoms with van der Waals surface area (Å²) in [7, 11) is 1.61. The Bertz CT molecular complexity index is 1570. The second-order valence-electron chi connectivity index (χ2n) is 11.6. The molecule has 0 aliphatic carbocycles. The van der Waals surface area contributed by atoms with E-state index in [9.17, 15) is 14.7 Å². The van der Waals surface area contributed by atoms with Gasteiger partial charge in [-0.2, -0.15) is 4.89 Å². The normalized spacial score (nSPS) is 10.8. The van der Waals surface area contributed by atoms with E-state index in [0.29, 0.717) is 23.9 Å². The zero-order valence-electron chi connectivity index (χ0n) is 26.9. The molecule has 0 fully saturated rings. The minimum atomic E-state index is -1.17. The van der Waals surface area contributed by atoms with E-state index in [-0.39, 0.29) is 29.8 Å². The van der Waals surface area contributed by atoms with Crippen LogP contribution in [0.1, 0.15) is 63.7 Å². The number of carbonyl (C=O) groups is 2. The summed E-state index contributed by atoms with van der Waals surface area (Å²) in [6.45, 7) is 10.9. The fourth-order valence-electron chi connectivity index (χ4n) is 3.97. The molecule has 4 aromatic rings. The molecular weight excluding hydrogens is 592 g/mol. The van der Waals surface area contributed by atoms with Crippen LogP contribution in [0.2, 0.25) is 0 Å². The lowest BCUT2D eigenvalue weighted by Gasteiger charge is -2.18. The first-order valence-corrected chi connectivity index (χ1v) is 14.5. The number of ether oxygens (including phenoxy) is 3. The van der Waals surface area contributed by atoms with Crippen molar-refractivity contribution in [3.05, 3.63) is 118 Å². The summed E-state index contributed by atoms with van der Waals surface area (Å²) in [5, 5.41) is 17.8. The average Bonchev–Trinajstić information content (AvgIpc) is 3.02. The van der Waals surface area contributed by atoms with E-state index in [1.165, 1.54) is 12.1 Å². The van der Waals surface area contributed by atoms with Gasteiger partial charge in [0, 0.05) is 0 Å². The van der Waals surface area contributed by atoms with Crippen LogP contribution in [0.5, 0.6) is 23.0 Å². The van der Waals surface area contributed by atoms with Gasteiger partial charge in [0.2, 0.25) is 0 Å². The minimum absolute atomic E-state index is 0.0283. The van der Waals surface area contributed by atoms with Crippen molar-refractivity contribution >= 4 is 11.9 Å². The molecule has 10 nitrogen and oxygen atoms in total. The summed E-state index contributed by atoms with van der Waals surface area (Å²) in [5.74, 6) is 0.469. The Hall–Kier alpha value is -4.90. The van der Waals surface area contributed by atoms with Crippen LogP contribution in [0.4, 0.5) is 0 Å². The van der Waals surface area contributed by atoms with Gasteiger partial charge in [-0.1, -0.05) is 56.2 Å². The lowest BCUT2D eigenvalue weighted by Crippen LogP contribution is -2.17. The second kappa shape index (κ2) is 17.0. The van der Waals surface area contributed by atoms with Gasteiger partial charge in [-0.3, -0.25) is 5.26 Å². The zero-order valence-corrected chi connectivity index (χ0v) is 26.9. The quantitative estimate of drug-likeness (QED) is 0.0689. The van der Waals surface area contributed by atoms with Gasteiger partial charge in [-0.15, -0.1) is 0 Å². The first-order chi connectivity index (χ1) is 21.9. The van der Waals surface area contributed by atoms with Gasteiger partial charge >= 0.3 is 11.9 Å². The predicted octanol–water partition coefficient (Wildman–Crippen LogP) is 7.84. The van der Waals surface area contributed by atoms with Crippen molar-refractivity contribution in [1.29, 1.82) is 0 Å². The van der Waals surface area contributed by atoms with Gasteiger partial charge in [0.15, 0.2) is 5.75 Å². The van der Waals surface area contributed by atoms with Crippen LogP contribution in [0.3, 0.4) is 0 Å². The molecule has 46 heavy (non-hydrogen) atoms. The molecule has 0 aliphatic rings. The Balaban J connectivity index is 0.000000254. The SMILES string of the molecule is COc1ccc(OOCc2cc(C)ccc2COO)cc1.Cc1ccc(C(=O)O)c(C(=O)Oc2ccc(OCC(C)(C)C)cc2)c1. The Morgan fingerprint density at radius 1 is 0.696 bits per heavy atom. The van der Waals surface area contributed by atoms with E-state index in [0.717, 1.165) is 28.0 Å². The average molecular weight is 633 g/mol. The monoisotopic (exact) mass is 632 g/mol. The van der Waals surface area contributed by atoms with Gasteiger partial charge in [0.1, 0.15) is 30.5 Å². The molecule has 0 spiro atoms. The molecule has 4 aromatic carbocycles. The molecule has 0 saturated heterocycles. The molecule has 4 rings (SSSR count). The van der Waals surface area contributed by atoms with E-state index < -0.39 is 11.9 Å². The Labute approximate surface area is 268 Å². The number of aromatic carboxylic acids is 1. The lowest BCUT2D eigenvalue weighted by molar-refractivity contribution is -0.253. The first kappa shape index (κ1) is 35.6. The molecule has 0 aromatic heterocycles. The van der Waals surface area contributed by atoms with Crippen molar-refractivity contribution in [2.24, 2.45) is 5.41 Å². The fraction of sp³-hybridized carbons (Fsp3) is 0.278. The number of carbonyl (C=O) groups excluding carboxylic acids is 1. The fourth-order valence-corrected chi connectivity index (χ4v) is 3.97. The van der Waals surface area contributed by atoms with Crippen molar-refractivity contribution in [2.75, 3.05) is 13.7 Å². The van der Waals surface area contributed by atoms with Crippen molar-refractivity contribution < 1.29 is 48.8 Å². The van der Waals surface area contributed by atoms with Crippen molar-refractivity contribution in [3.63, 3.8) is 0 Å². The molecule has 0 saturated carbocycles. The number of esters is 1. The Morgan fingerprint density at radius 2 is 1.28 bits per heavy atom. The molecule has 0 bridgehead atoms. The zero-order chi connectivity index (χ0) is 33.7. The van der Waals surface area contributed by atoms with Crippen LogP contribution in [0, 0.1) is 19.3 Å². The molecule has 0 atom stereocenters. The summed E-state index contributed by atoms with van der Waals surface area (Å²) in [4.78, 5) is 38.2. The van der Waals surface area contributed by atoms with Gasteiger partial charge in [-0.25, -0.2) is 14.5 Å². The maximum absolute atomic E-state index is 12.3. The number of carboxylic acids is 1. The number of hydrogen-bond acceptors (Lipinski definition) is 9. The molecule has 0 heterocycles. The summed E-state index contributed by atoms with van der Waals surface area (Å²) >= 11 is 0. The molecule has 0 amide bonds.